The third-order valence-corrected chi connectivity index (χ3v) is 3.32. The summed E-state index contributed by atoms with van der Waals surface area (Å²) in [6, 6.07) is 4.23. The fourth-order valence-electron chi connectivity index (χ4n) is 1.07. The Bertz CT molecular complexity index is 267. The van der Waals surface area contributed by atoms with Crippen LogP contribution in [0.25, 0.3) is 0 Å². The molecular formula is C9H10Br2. The van der Waals surface area contributed by atoms with Gasteiger partial charge in [0.05, 0.1) is 0 Å². The largest absolute Gasteiger partial charge is 0.0876 e. The number of alkyl halides is 1. The number of rotatable bonds is 1. The molecule has 0 amide bonds. The van der Waals surface area contributed by atoms with Gasteiger partial charge in [-0.25, -0.2) is 0 Å². The summed E-state index contributed by atoms with van der Waals surface area (Å²) in [4.78, 5) is 0. The van der Waals surface area contributed by atoms with Crippen LogP contribution in [0.1, 0.15) is 16.7 Å². The Morgan fingerprint density at radius 2 is 1.91 bits per heavy atom. The molecule has 0 nitrogen and oxygen atoms in total. The quantitative estimate of drug-likeness (QED) is 0.682. The maximum atomic E-state index is 3.50. The zero-order chi connectivity index (χ0) is 8.43. The Hall–Kier alpha value is 0.180. The van der Waals surface area contributed by atoms with Crippen LogP contribution in [0.4, 0.5) is 0 Å². The topological polar surface area (TPSA) is 0 Å². The van der Waals surface area contributed by atoms with Crippen LogP contribution < -0.4 is 0 Å². The lowest BCUT2D eigenvalue weighted by Gasteiger charge is -2.07. The Balaban J connectivity index is 3.29. The summed E-state index contributed by atoms with van der Waals surface area (Å²) in [6.45, 7) is 4.27. The van der Waals surface area contributed by atoms with Gasteiger partial charge in [-0.2, -0.15) is 0 Å². The summed E-state index contributed by atoms with van der Waals surface area (Å²) < 4.78 is 1.19. The number of benzene rings is 1. The Morgan fingerprint density at radius 1 is 1.27 bits per heavy atom. The van der Waals surface area contributed by atoms with Gasteiger partial charge in [-0.05, 0) is 36.6 Å². The molecule has 1 rings (SSSR count). The number of halogens is 2. The molecule has 0 bridgehead atoms. The average Bonchev–Trinajstić information content (AvgIpc) is 1.99. The van der Waals surface area contributed by atoms with Crippen molar-refractivity contribution >= 4 is 31.9 Å². The summed E-state index contributed by atoms with van der Waals surface area (Å²) in [7, 11) is 0. The first-order valence-electron chi connectivity index (χ1n) is 3.47. The second-order valence-corrected chi connectivity index (χ2v) is 4.02. The van der Waals surface area contributed by atoms with E-state index < -0.39 is 0 Å². The van der Waals surface area contributed by atoms with Gasteiger partial charge in [0, 0.05) is 9.80 Å². The summed E-state index contributed by atoms with van der Waals surface area (Å²) in [6.07, 6.45) is 0. The van der Waals surface area contributed by atoms with Crippen molar-refractivity contribution in [3.05, 3.63) is 33.3 Å². The van der Waals surface area contributed by atoms with E-state index in [4.69, 9.17) is 0 Å². The first-order valence-corrected chi connectivity index (χ1v) is 5.38. The summed E-state index contributed by atoms with van der Waals surface area (Å²) in [5.74, 6) is 0. The van der Waals surface area contributed by atoms with Gasteiger partial charge in [0.1, 0.15) is 0 Å². The molecule has 2 heteroatoms. The van der Waals surface area contributed by atoms with Gasteiger partial charge < -0.3 is 0 Å². The Morgan fingerprint density at radius 3 is 2.36 bits per heavy atom. The van der Waals surface area contributed by atoms with E-state index in [1.165, 1.54) is 21.2 Å². The van der Waals surface area contributed by atoms with Crippen LogP contribution in [0, 0.1) is 13.8 Å². The molecule has 0 aliphatic heterocycles. The highest BCUT2D eigenvalue weighted by atomic mass is 79.9. The highest BCUT2D eigenvalue weighted by molar-refractivity contribution is 9.10. The molecule has 60 valence electrons. The molecule has 0 unspecified atom stereocenters. The minimum absolute atomic E-state index is 0.935. The predicted octanol–water partition coefficient (Wildman–Crippen LogP) is 3.96. The van der Waals surface area contributed by atoms with Gasteiger partial charge in [-0.3, -0.25) is 0 Å². The van der Waals surface area contributed by atoms with Crippen molar-refractivity contribution in [2.24, 2.45) is 0 Å². The molecular weight excluding hydrogens is 268 g/mol. The Kier molecular flexibility index (Phi) is 3.14. The highest BCUT2D eigenvalue weighted by Gasteiger charge is 2.02. The molecule has 0 aliphatic carbocycles. The van der Waals surface area contributed by atoms with Crippen molar-refractivity contribution in [1.29, 1.82) is 0 Å². The number of hydrogen-bond acceptors (Lipinski definition) is 0. The van der Waals surface area contributed by atoms with Gasteiger partial charge in [-0.1, -0.05) is 37.9 Å². The van der Waals surface area contributed by atoms with E-state index in [-0.39, 0.29) is 0 Å². The molecule has 0 aliphatic rings. The number of aryl methyl sites for hydroxylation is 1. The molecule has 0 spiro atoms. The zero-order valence-corrected chi connectivity index (χ0v) is 9.79. The van der Waals surface area contributed by atoms with E-state index in [1.807, 2.05) is 0 Å². The zero-order valence-electron chi connectivity index (χ0n) is 6.62. The fourth-order valence-corrected chi connectivity index (χ4v) is 2.30. The van der Waals surface area contributed by atoms with E-state index in [0.29, 0.717) is 0 Å². The van der Waals surface area contributed by atoms with Crippen LogP contribution in [-0.4, -0.2) is 0 Å². The maximum absolute atomic E-state index is 3.50. The smallest absolute Gasteiger partial charge is 0.0288 e. The van der Waals surface area contributed by atoms with Gasteiger partial charge >= 0.3 is 0 Å². The van der Waals surface area contributed by atoms with Gasteiger partial charge in [0.15, 0.2) is 0 Å². The van der Waals surface area contributed by atoms with E-state index in [1.54, 1.807) is 0 Å². The van der Waals surface area contributed by atoms with Gasteiger partial charge in [0.2, 0.25) is 0 Å². The minimum atomic E-state index is 0.935. The van der Waals surface area contributed by atoms with Gasteiger partial charge in [0.25, 0.3) is 0 Å². The fraction of sp³-hybridized carbons (Fsp3) is 0.333. The molecule has 0 heterocycles. The lowest BCUT2D eigenvalue weighted by Crippen LogP contribution is -1.89. The second kappa shape index (κ2) is 3.72. The average molecular weight is 278 g/mol. The second-order valence-electron chi connectivity index (χ2n) is 2.60. The lowest BCUT2D eigenvalue weighted by molar-refractivity contribution is 1.23. The summed E-state index contributed by atoms with van der Waals surface area (Å²) in [5.41, 5.74) is 4.07. The van der Waals surface area contributed by atoms with E-state index in [2.05, 4.69) is 57.8 Å². The van der Waals surface area contributed by atoms with Crippen molar-refractivity contribution in [3.63, 3.8) is 0 Å². The van der Waals surface area contributed by atoms with Crippen LogP contribution in [0.5, 0.6) is 0 Å². The molecule has 0 radical (unpaired) electrons. The third kappa shape index (κ3) is 1.85. The van der Waals surface area contributed by atoms with E-state index in [9.17, 15) is 0 Å². The normalized spacial score (nSPS) is 10.2. The monoisotopic (exact) mass is 276 g/mol. The Labute approximate surface area is 84.3 Å². The SMILES string of the molecule is Cc1ccc(Br)c(C)c1CBr. The highest BCUT2D eigenvalue weighted by Crippen LogP contribution is 2.24. The standard InChI is InChI=1S/C9H10Br2/c1-6-3-4-9(11)7(2)8(6)5-10/h3-4H,5H2,1-2H3. The molecule has 1 aromatic carbocycles. The first-order chi connectivity index (χ1) is 5.16. The third-order valence-electron chi connectivity index (χ3n) is 1.90. The molecule has 0 atom stereocenters. The minimum Gasteiger partial charge on any atom is -0.0876 e. The van der Waals surface area contributed by atoms with Crippen molar-refractivity contribution in [2.75, 3.05) is 0 Å². The predicted molar refractivity (Wildman–Crippen MR) is 56.2 cm³/mol. The maximum Gasteiger partial charge on any atom is 0.0288 e. The van der Waals surface area contributed by atoms with Crippen molar-refractivity contribution in [3.8, 4) is 0 Å². The van der Waals surface area contributed by atoms with E-state index >= 15 is 0 Å². The molecule has 0 aromatic heterocycles. The lowest BCUT2D eigenvalue weighted by atomic mass is 10.1. The van der Waals surface area contributed by atoms with Crippen LogP contribution in [0.2, 0.25) is 0 Å². The molecule has 0 N–H and O–H groups in total. The first kappa shape index (κ1) is 9.27. The van der Waals surface area contributed by atoms with Crippen LogP contribution >= 0.6 is 31.9 Å². The van der Waals surface area contributed by atoms with Crippen molar-refractivity contribution in [1.82, 2.24) is 0 Å². The molecule has 0 fully saturated rings. The van der Waals surface area contributed by atoms with Crippen molar-refractivity contribution < 1.29 is 0 Å². The summed E-state index contributed by atoms with van der Waals surface area (Å²) >= 11 is 6.97. The summed E-state index contributed by atoms with van der Waals surface area (Å²) in [5, 5.41) is 0.935. The molecule has 11 heavy (non-hydrogen) atoms. The molecule has 0 saturated heterocycles. The van der Waals surface area contributed by atoms with Gasteiger partial charge in [-0.15, -0.1) is 0 Å². The number of hydrogen-bond donors (Lipinski definition) is 0. The van der Waals surface area contributed by atoms with Crippen LogP contribution in [0.3, 0.4) is 0 Å². The van der Waals surface area contributed by atoms with Crippen LogP contribution in [0.15, 0.2) is 16.6 Å². The van der Waals surface area contributed by atoms with Crippen LogP contribution in [-0.2, 0) is 5.33 Å². The van der Waals surface area contributed by atoms with E-state index in [0.717, 1.165) is 5.33 Å². The molecule has 1 aromatic rings. The van der Waals surface area contributed by atoms with Crippen molar-refractivity contribution in [2.45, 2.75) is 19.2 Å². The molecule has 0 saturated carbocycles.